The minimum Gasteiger partial charge on any atom is -0.368 e. The maximum Gasteiger partial charge on any atom is 0.166 e. The molecule has 0 amide bonds. The predicted octanol–water partition coefficient (Wildman–Crippen LogP) is 3.58. The molecule has 2 heterocycles. The highest BCUT2D eigenvalue weighted by molar-refractivity contribution is 7.90. The standard InChI is InChI=1S/C22H22FN5O2S/c1-28-13-20-17(8-10-19(27-31(20,25)30)14-5-3-2-4-6-14)21(28)22(29)26-16-7-9-18(23)15(11-16)12-24/h2-5,7-11,13-14,19,22,26,29H,6H2,1H3,(H2,25,27,30)/t14?,19-,22?,31?/m1/s1. The van der Waals surface area contributed by atoms with Crippen molar-refractivity contribution in [1.29, 1.82) is 10.0 Å². The Balaban J connectivity index is 1.69. The van der Waals surface area contributed by atoms with Crippen LogP contribution < -0.4 is 10.0 Å². The van der Waals surface area contributed by atoms with Crippen LogP contribution in [-0.2, 0) is 17.0 Å². The third-order valence-corrected chi connectivity index (χ3v) is 6.99. The van der Waals surface area contributed by atoms with E-state index in [-0.39, 0.29) is 22.4 Å². The molecule has 7 nitrogen and oxygen atoms in total. The fraction of sp³-hybridized carbons (Fsp3) is 0.227. The van der Waals surface area contributed by atoms with E-state index in [4.69, 9.17) is 10.0 Å². The van der Waals surface area contributed by atoms with Crippen LogP contribution in [-0.4, -0.2) is 19.9 Å². The van der Waals surface area contributed by atoms with E-state index < -0.39 is 22.0 Å². The van der Waals surface area contributed by atoms with Gasteiger partial charge >= 0.3 is 0 Å². The Morgan fingerprint density at radius 2 is 2.23 bits per heavy atom. The zero-order chi connectivity index (χ0) is 22.2. The molecule has 1 aliphatic heterocycles. The number of fused-ring (bicyclic) bond motifs is 1. The minimum absolute atomic E-state index is 0.0697. The van der Waals surface area contributed by atoms with E-state index in [1.54, 1.807) is 30.0 Å². The zero-order valence-electron chi connectivity index (χ0n) is 16.7. The number of allylic oxidation sites excluding steroid dienone is 3. The van der Waals surface area contributed by atoms with Gasteiger partial charge in [0.2, 0.25) is 0 Å². The van der Waals surface area contributed by atoms with Gasteiger partial charge < -0.3 is 15.0 Å². The molecule has 4 N–H and O–H groups in total. The number of aryl methyl sites for hydroxylation is 1. The first-order chi connectivity index (χ1) is 14.8. The lowest BCUT2D eigenvalue weighted by atomic mass is 9.92. The highest BCUT2D eigenvalue weighted by Gasteiger charge is 2.30. The van der Waals surface area contributed by atoms with Gasteiger partial charge in [-0.05, 0) is 24.6 Å². The maximum atomic E-state index is 13.6. The van der Waals surface area contributed by atoms with Crippen molar-refractivity contribution in [3.8, 4) is 6.07 Å². The number of nitrogens with one attached hydrogen (secondary N) is 3. The van der Waals surface area contributed by atoms with Crippen LogP contribution in [0.25, 0.3) is 6.08 Å². The highest BCUT2D eigenvalue weighted by Crippen LogP contribution is 2.33. The lowest BCUT2D eigenvalue weighted by Gasteiger charge is -2.23. The van der Waals surface area contributed by atoms with E-state index in [2.05, 4.69) is 10.0 Å². The third-order valence-electron chi connectivity index (χ3n) is 5.44. The fourth-order valence-electron chi connectivity index (χ4n) is 3.89. The third kappa shape index (κ3) is 4.05. The Kier molecular flexibility index (Phi) is 5.54. The Bertz CT molecular complexity index is 1250. The number of aromatic nitrogens is 1. The number of aliphatic hydroxyl groups is 1. The molecular weight excluding hydrogens is 417 g/mol. The zero-order valence-corrected chi connectivity index (χ0v) is 17.6. The maximum absolute atomic E-state index is 13.6. The van der Waals surface area contributed by atoms with Gasteiger partial charge in [-0.2, -0.15) is 5.26 Å². The summed E-state index contributed by atoms with van der Waals surface area (Å²) in [6, 6.07) is 5.35. The van der Waals surface area contributed by atoms with E-state index in [1.807, 2.05) is 30.4 Å². The first-order valence-electron chi connectivity index (χ1n) is 9.71. The number of anilines is 1. The molecule has 160 valence electrons. The van der Waals surface area contributed by atoms with Crippen LogP contribution in [0, 0.1) is 27.8 Å². The monoisotopic (exact) mass is 439 g/mol. The van der Waals surface area contributed by atoms with Crippen LogP contribution >= 0.6 is 0 Å². The molecule has 0 saturated carbocycles. The quantitative estimate of drug-likeness (QED) is 0.545. The summed E-state index contributed by atoms with van der Waals surface area (Å²) in [5, 5.41) is 22.7. The highest BCUT2D eigenvalue weighted by atomic mass is 32.2. The van der Waals surface area contributed by atoms with Crippen molar-refractivity contribution in [3.63, 3.8) is 0 Å². The lowest BCUT2D eigenvalue weighted by Crippen LogP contribution is -2.37. The van der Waals surface area contributed by atoms with Crippen LogP contribution in [0.1, 0.15) is 29.5 Å². The van der Waals surface area contributed by atoms with Gasteiger partial charge in [-0.1, -0.05) is 36.5 Å². The van der Waals surface area contributed by atoms with Gasteiger partial charge in [0.25, 0.3) is 0 Å². The summed E-state index contributed by atoms with van der Waals surface area (Å²) in [5.74, 6) is -0.573. The summed E-state index contributed by atoms with van der Waals surface area (Å²) < 4.78 is 39.9. The molecule has 31 heavy (non-hydrogen) atoms. The number of hydrogen-bond donors (Lipinski definition) is 4. The van der Waals surface area contributed by atoms with Crippen molar-refractivity contribution in [3.05, 3.63) is 77.4 Å². The van der Waals surface area contributed by atoms with Crippen molar-refractivity contribution < 1.29 is 13.7 Å². The minimum atomic E-state index is -3.32. The first-order valence-corrected chi connectivity index (χ1v) is 11.3. The second-order valence-corrected chi connectivity index (χ2v) is 9.32. The molecule has 1 aromatic carbocycles. The van der Waals surface area contributed by atoms with Gasteiger partial charge in [-0.15, -0.1) is 0 Å². The summed E-state index contributed by atoms with van der Waals surface area (Å²) in [5.41, 5.74) is 1.13. The van der Waals surface area contributed by atoms with Crippen LogP contribution in [0.2, 0.25) is 0 Å². The number of hydrogen-bond acceptors (Lipinski definition) is 5. The lowest BCUT2D eigenvalue weighted by molar-refractivity contribution is 0.199. The van der Waals surface area contributed by atoms with E-state index in [0.29, 0.717) is 16.9 Å². The molecule has 1 aromatic heterocycles. The molecular formula is C22H22FN5O2S. The molecule has 9 heteroatoms. The number of halogens is 1. The van der Waals surface area contributed by atoms with E-state index in [0.717, 1.165) is 12.5 Å². The molecule has 0 bridgehead atoms. The van der Waals surface area contributed by atoms with Gasteiger partial charge in [0.1, 0.15) is 21.8 Å². The predicted molar refractivity (Wildman–Crippen MR) is 117 cm³/mol. The van der Waals surface area contributed by atoms with Gasteiger partial charge in [0, 0.05) is 36.5 Å². The van der Waals surface area contributed by atoms with Crippen LogP contribution in [0.5, 0.6) is 0 Å². The topological polar surface area (TPSA) is 114 Å². The fourth-order valence-corrected chi connectivity index (χ4v) is 5.44. The van der Waals surface area contributed by atoms with Crippen LogP contribution in [0.3, 0.4) is 0 Å². The number of nitrogens with zero attached hydrogens (tertiary/aromatic N) is 2. The average molecular weight is 440 g/mol. The van der Waals surface area contributed by atoms with Crippen molar-refractivity contribution in [2.75, 3.05) is 5.32 Å². The second kappa shape index (κ2) is 8.15. The molecule has 0 fully saturated rings. The van der Waals surface area contributed by atoms with Crippen molar-refractivity contribution in [1.82, 2.24) is 9.29 Å². The number of rotatable bonds is 4. The summed E-state index contributed by atoms with van der Waals surface area (Å²) in [6.07, 6.45) is 12.7. The molecule has 0 saturated heterocycles. The molecule has 2 aromatic rings. The SMILES string of the molecule is Cn1cc2c(c1C(O)Nc1ccc(F)c(C#N)c1)C=C[C@H](C1C=CC=CC1)NS2(=N)=O. The molecule has 1 aliphatic carbocycles. The summed E-state index contributed by atoms with van der Waals surface area (Å²) in [4.78, 5) is 0.289. The molecule has 2 aliphatic rings. The number of nitriles is 1. The normalized spacial score (nSPS) is 25.5. The van der Waals surface area contributed by atoms with Gasteiger partial charge in [0.15, 0.2) is 6.23 Å². The number of aliphatic hydroxyl groups excluding tert-OH is 1. The number of benzene rings is 1. The molecule has 0 spiro atoms. The second-order valence-electron chi connectivity index (χ2n) is 7.53. The van der Waals surface area contributed by atoms with E-state index in [1.165, 1.54) is 12.1 Å². The summed E-state index contributed by atoms with van der Waals surface area (Å²) in [6.45, 7) is 0. The van der Waals surface area contributed by atoms with Crippen molar-refractivity contribution in [2.45, 2.75) is 23.6 Å². The van der Waals surface area contributed by atoms with E-state index in [9.17, 15) is 13.7 Å². The average Bonchev–Trinajstić information content (AvgIpc) is 3.04. The summed E-state index contributed by atoms with van der Waals surface area (Å²) in [7, 11) is -1.63. The smallest absolute Gasteiger partial charge is 0.166 e. The molecule has 0 radical (unpaired) electrons. The Hall–Kier alpha value is -3.19. The summed E-state index contributed by atoms with van der Waals surface area (Å²) >= 11 is 0. The van der Waals surface area contributed by atoms with Crippen LogP contribution in [0.15, 0.2) is 59.7 Å². The van der Waals surface area contributed by atoms with Gasteiger partial charge in [-0.25, -0.2) is 18.1 Å². The largest absolute Gasteiger partial charge is 0.368 e. The molecule has 3 unspecified atom stereocenters. The Morgan fingerprint density at radius 3 is 2.94 bits per heavy atom. The first kappa shape index (κ1) is 21.1. The molecule has 4 atom stereocenters. The van der Waals surface area contributed by atoms with Gasteiger partial charge in [-0.3, -0.25) is 0 Å². The van der Waals surface area contributed by atoms with Crippen LogP contribution in [0.4, 0.5) is 10.1 Å². The van der Waals surface area contributed by atoms with Crippen molar-refractivity contribution >= 4 is 21.7 Å². The molecule has 4 rings (SSSR count). The van der Waals surface area contributed by atoms with E-state index >= 15 is 0 Å². The van der Waals surface area contributed by atoms with Gasteiger partial charge in [0.05, 0.1) is 16.2 Å². The Labute approximate surface area is 180 Å². The van der Waals surface area contributed by atoms with Crippen molar-refractivity contribution in [2.24, 2.45) is 13.0 Å². The Morgan fingerprint density at radius 1 is 1.42 bits per heavy atom.